The third-order valence-corrected chi connectivity index (χ3v) is 4.01. The Labute approximate surface area is 151 Å². The van der Waals surface area contributed by atoms with Crippen LogP contribution < -0.4 is 10.6 Å². The number of amides is 2. The van der Waals surface area contributed by atoms with E-state index in [2.05, 4.69) is 25.9 Å². The van der Waals surface area contributed by atoms with Crippen molar-refractivity contribution in [2.24, 2.45) is 0 Å². The fraction of sp³-hybridized carbons (Fsp3) is 0.333. The molecule has 0 atom stereocenters. The monoisotopic (exact) mass is 355 g/mol. The van der Waals surface area contributed by atoms with Crippen molar-refractivity contribution in [3.8, 4) is 11.5 Å². The average Bonchev–Trinajstić information content (AvgIpc) is 3.24. The second-order valence-electron chi connectivity index (χ2n) is 5.90. The van der Waals surface area contributed by atoms with Crippen LogP contribution >= 0.6 is 0 Å². The van der Waals surface area contributed by atoms with Gasteiger partial charge in [-0.05, 0) is 31.5 Å². The molecule has 26 heavy (non-hydrogen) atoms. The van der Waals surface area contributed by atoms with Gasteiger partial charge in [0.25, 0.3) is 5.89 Å². The molecule has 3 rings (SSSR count). The maximum atomic E-state index is 12.4. The van der Waals surface area contributed by atoms with Gasteiger partial charge in [-0.2, -0.15) is 4.98 Å². The van der Waals surface area contributed by atoms with Gasteiger partial charge in [-0.3, -0.25) is 0 Å². The summed E-state index contributed by atoms with van der Waals surface area (Å²) in [6, 6.07) is 5.21. The highest BCUT2D eigenvalue weighted by Crippen LogP contribution is 2.25. The summed E-state index contributed by atoms with van der Waals surface area (Å²) in [6.07, 6.45) is 1.34. The van der Waals surface area contributed by atoms with Crippen LogP contribution in [0.5, 0.6) is 0 Å². The first-order valence-electron chi connectivity index (χ1n) is 8.48. The Morgan fingerprint density at radius 3 is 2.58 bits per heavy atom. The van der Waals surface area contributed by atoms with Crippen LogP contribution in [0.4, 0.5) is 16.2 Å². The quantitative estimate of drug-likeness (QED) is 0.713. The molecular weight excluding hydrogens is 334 g/mol. The Kier molecular flexibility index (Phi) is 5.01. The highest BCUT2D eigenvalue weighted by Gasteiger charge is 2.16. The number of benzene rings is 1. The van der Waals surface area contributed by atoms with Gasteiger partial charge in [0.1, 0.15) is 11.4 Å². The van der Waals surface area contributed by atoms with Crippen LogP contribution in [-0.2, 0) is 12.8 Å². The number of urea groups is 1. The molecule has 8 nitrogen and oxygen atoms in total. The lowest BCUT2D eigenvalue weighted by atomic mass is 10.1. The summed E-state index contributed by atoms with van der Waals surface area (Å²) in [5, 5.41) is 13.4. The minimum Gasteiger partial charge on any atom is -0.359 e. The normalized spacial score (nSPS) is 10.8. The molecule has 0 saturated heterocycles. The molecule has 0 radical (unpaired) electrons. The van der Waals surface area contributed by atoms with Crippen molar-refractivity contribution in [3.63, 3.8) is 0 Å². The molecule has 0 spiro atoms. The highest BCUT2D eigenvalue weighted by atomic mass is 16.5. The molecule has 2 N–H and O–H groups in total. The van der Waals surface area contributed by atoms with Gasteiger partial charge in [-0.25, -0.2) is 4.79 Å². The summed E-state index contributed by atoms with van der Waals surface area (Å²) in [6.45, 7) is 7.59. The first-order valence-corrected chi connectivity index (χ1v) is 8.48. The van der Waals surface area contributed by atoms with Gasteiger partial charge in [0.15, 0.2) is 11.6 Å². The number of hydrogen-bond donors (Lipinski definition) is 2. The summed E-state index contributed by atoms with van der Waals surface area (Å²) in [5.74, 6) is 1.71. The number of carbonyl (C=O) groups is 1. The smallest absolute Gasteiger partial charge is 0.323 e. The van der Waals surface area contributed by atoms with Gasteiger partial charge in [0.05, 0.1) is 0 Å². The molecule has 2 heterocycles. The number of rotatable bonds is 5. The molecule has 0 saturated carbocycles. The first kappa shape index (κ1) is 17.7. The van der Waals surface area contributed by atoms with Gasteiger partial charge in [-0.1, -0.05) is 30.2 Å². The van der Waals surface area contributed by atoms with E-state index in [1.54, 1.807) is 6.92 Å². The molecule has 0 aliphatic carbocycles. The van der Waals surface area contributed by atoms with E-state index in [1.807, 2.05) is 39.0 Å². The molecule has 0 aliphatic heterocycles. The molecule has 136 valence electrons. The minimum absolute atomic E-state index is 0.369. The fourth-order valence-electron chi connectivity index (χ4n) is 2.49. The molecule has 0 aliphatic rings. The van der Waals surface area contributed by atoms with Crippen LogP contribution in [0.3, 0.4) is 0 Å². The lowest BCUT2D eigenvalue weighted by Gasteiger charge is -2.10. The standard InChI is InChI=1S/C18H21N5O3/c1-5-14-16(11(4)22-25-14)21-18(24)19-13-9-12(8-7-10(13)3)17-20-15(6-2)23-26-17/h7-9H,5-6H2,1-4H3,(H2,19,21,24). The lowest BCUT2D eigenvalue weighted by molar-refractivity contribution is 0.262. The maximum Gasteiger partial charge on any atom is 0.323 e. The van der Waals surface area contributed by atoms with E-state index in [-0.39, 0.29) is 6.03 Å². The largest absolute Gasteiger partial charge is 0.359 e. The first-order chi connectivity index (χ1) is 12.5. The van der Waals surface area contributed by atoms with E-state index in [9.17, 15) is 4.79 Å². The van der Waals surface area contributed by atoms with E-state index in [4.69, 9.17) is 9.05 Å². The molecular formula is C18H21N5O3. The Hall–Kier alpha value is -3.16. The summed E-state index contributed by atoms with van der Waals surface area (Å²) in [7, 11) is 0. The predicted octanol–water partition coefficient (Wildman–Crippen LogP) is 4.11. The molecule has 0 bridgehead atoms. The van der Waals surface area contributed by atoms with Crippen molar-refractivity contribution >= 4 is 17.4 Å². The lowest BCUT2D eigenvalue weighted by Crippen LogP contribution is -2.20. The predicted molar refractivity (Wildman–Crippen MR) is 97.1 cm³/mol. The topological polar surface area (TPSA) is 106 Å². The summed E-state index contributed by atoms with van der Waals surface area (Å²) >= 11 is 0. The summed E-state index contributed by atoms with van der Waals surface area (Å²) in [5.41, 5.74) is 3.55. The number of aryl methyl sites for hydroxylation is 4. The van der Waals surface area contributed by atoms with Crippen LogP contribution in [0.15, 0.2) is 27.2 Å². The van der Waals surface area contributed by atoms with Gasteiger partial charge in [0.2, 0.25) is 0 Å². The number of aromatic nitrogens is 3. The summed E-state index contributed by atoms with van der Waals surface area (Å²) < 4.78 is 10.5. The van der Waals surface area contributed by atoms with Crippen LogP contribution in [-0.4, -0.2) is 21.3 Å². The van der Waals surface area contributed by atoms with Crippen molar-refractivity contribution in [1.82, 2.24) is 15.3 Å². The van der Waals surface area contributed by atoms with Crippen LogP contribution in [0.25, 0.3) is 11.5 Å². The number of nitrogens with one attached hydrogen (secondary N) is 2. The van der Waals surface area contributed by atoms with Crippen molar-refractivity contribution in [2.45, 2.75) is 40.5 Å². The Bertz CT molecular complexity index is 929. The molecule has 3 aromatic rings. The van der Waals surface area contributed by atoms with E-state index in [0.29, 0.717) is 47.4 Å². The van der Waals surface area contributed by atoms with E-state index < -0.39 is 0 Å². The molecule has 2 amide bonds. The Balaban J connectivity index is 1.79. The zero-order chi connectivity index (χ0) is 18.7. The third-order valence-electron chi connectivity index (χ3n) is 4.01. The van der Waals surface area contributed by atoms with Crippen molar-refractivity contribution in [1.29, 1.82) is 0 Å². The molecule has 8 heteroatoms. The van der Waals surface area contributed by atoms with Crippen molar-refractivity contribution in [2.75, 3.05) is 10.6 Å². The Morgan fingerprint density at radius 2 is 1.88 bits per heavy atom. The van der Waals surface area contributed by atoms with Crippen LogP contribution in [0.1, 0.15) is 36.7 Å². The van der Waals surface area contributed by atoms with E-state index in [0.717, 1.165) is 11.1 Å². The fourth-order valence-corrected chi connectivity index (χ4v) is 2.49. The molecule has 0 unspecified atom stereocenters. The van der Waals surface area contributed by atoms with Crippen molar-refractivity contribution < 1.29 is 13.8 Å². The molecule has 1 aromatic carbocycles. The van der Waals surface area contributed by atoms with Gasteiger partial charge in [0, 0.05) is 24.1 Å². The Morgan fingerprint density at radius 1 is 1.08 bits per heavy atom. The summed E-state index contributed by atoms with van der Waals surface area (Å²) in [4.78, 5) is 16.7. The van der Waals surface area contributed by atoms with Crippen LogP contribution in [0.2, 0.25) is 0 Å². The van der Waals surface area contributed by atoms with Gasteiger partial charge in [-0.15, -0.1) is 0 Å². The van der Waals surface area contributed by atoms with Gasteiger partial charge >= 0.3 is 6.03 Å². The van der Waals surface area contributed by atoms with Crippen molar-refractivity contribution in [3.05, 3.63) is 41.0 Å². The van der Waals surface area contributed by atoms with Gasteiger partial charge < -0.3 is 19.7 Å². The zero-order valence-electron chi connectivity index (χ0n) is 15.2. The number of carbonyl (C=O) groups excluding carboxylic acids is 1. The number of nitrogens with zero attached hydrogens (tertiary/aromatic N) is 3. The third kappa shape index (κ3) is 3.58. The second-order valence-corrected chi connectivity index (χ2v) is 5.90. The van der Waals surface area contributed by atoms with Crippen LogP contribution in [0, 0.1) is 13.8 Å². The average molecular weight is 355 g/mol. The highest BCUT2D eigenvalue weighted by molar-refractivity contribution is 6.01. The maximum absolute atomic E-state index is 12.4. The minimum atomic E-state index is -0.369. The molecule has 0 fully saturated rings. The number of anilines is 2. The van der Waals surface area contributed by atoms with E-state index in [1.165, 1.54) is 0 Å². The van der Waals surface area contributed by atoms with E-state index >= 15 is 0 Å². The second kappa shape index (κ2) is 7.38. The SMILES string of the molecule is CCc1noc(-c2ccc(C)c(NC(=O)Nc3c(C)noc3CC)c2)n1. The zero-order valence-corrected chi connectivity index (χ0v) is 15.2. The number of hydrogen-bond acceptors (Lipinski definition) is 6. The molecule has 2 aromatic heterocycles.